The van der Waals surface area contributed by atoms with E-state index in [-0.39, 0.29) is 6.04 Å². The average molecular weight is 239 g/mol. The fourth-order valence-corrected chi connectivity index (χ4v) is 1.88. The quantitative estimate of drug-likeness (QED) is 0.891. The average Bonchev–Trinajstić information content (AvgIpc) is 2.44. The Kier molecular flexibility index (Phi) is 3.91. The first kappa shape index (κ1) is 12.5. The van der Waals surface area contributed by atoms with E-state index < -0.39 is 0 Å². The lowest BCUT2D eigenvalue weighted by atomic mass is 10.0. The van der Waals surface area contributed by atoms with E-state index in [2.05, 4.69) is 30.2 Å². The van der Waals surface area contributed by atoms with Crippen LogP contribution in [0.4, 0.5) is 0 Å². The van der Waals surface area contributed by atoms with Crippen molar-refractivity contribution in [1.82, 2.24) is 10.3 Å². The molecule has 1 heterocycles. The van der Waals surface area contributed by atoms with Crippen LogP contribution in [0.25, 0.3) is 10.9 Å². The summed E-state index contributed by atoms with van der Waals surface area (Å²) in [7, 11) is 0. The minimum atomic E-state index is -0.260. The molecule has 0 fully saturated rings. The first-order valence-corrected chi connectivity index (χ1v) is 6.25. The van der Waals surface area contributed by atoms with Gasteiger partial charge in [0.05, 0.1) is 11.6 Å². The Hall–Kier alpha value is -1.92. The third-order valence-corrected chi connectivity index (χ3v) is 3.15. The van der Waals surface area contributed by atoms with Gasteiger partial charge in [0.1, 0.15) is 6.04 Å². The number of hydrogen-bond acceptors (Lipinski definition) is 3. The van der Waals surface area contributed by atoms with E-state index in [9.17, 15) is 5.26 Å². The second-order valence-electron chi connectivity index (χ2n) is 4.49. The van der Waals surface area contributed by atoms with E-state index in [0.717, 1.165) is 22.9 Å². The van der Waals surface area contributed by atoms with Gasteiger partial charge in [-0.05, 0) is 37.1 Å². The number of nitrogens with one attached hydrogen (secondary N) is 1. The molecule has 1 aromatic heterocycles. The molecule has 2 aromatic rings. The van der Waals surface area contributed by atoms with Gasteiger partial charge in [0.25, 0.3) is 0 Å². The lowest BCUT2D eigenvalue weighted by Gasteiger charge is -2.17. The third kappa shape index (κ3) is 2.66. The number of nitrogens with zero attached hydrogens (tertiary/aromatic N) is 2. The fraction of sp³-hybridized carbons (Fsp3) is 0.333. The molecule has 0 amide bonds. The molecule has 2 atom stereocenters. The minimum absolute atomic E-state index is 0.260. The molecule has 18 heavy (non-hydrogen) atoms. The van der Waals surface area contributed by atoms with Gasteiger partial charge >= 0.3 is 0 Å². The van der Waals surface area contributed by atoms with Gasteiger partial charge in [-0.3, -0.25) is 10.3 Å². The summed E-state index contributed by atoms with van der Waals surface area (Å²) in [5.74, 6) is 0. The predicted molar refractivity (Wildman–Crippen MR) is 73.0 cm³/mol. The molecular formula is C15H17N3. The van der Waals surface area contributed by atoms with Gasteiger partial charge in [-0.15, -0.1) is 0 Å². The molecule has 0 saturated carbocycles. The summed E-state index contributed by atoms with van der Waals surface area (Å²) in [5, 5.41) is 13.7. The number of rotatable bonds is 4. The molecule has 2 unspecified atom stereocenters. The highest BCUT2D eigenvalue weighted by Crippen LogP contribution is 2.19. The van der Waals surface area contributed by atoms with Crippen LogP contribution >= 0.6 is 0 Å². The second kappa shape index (κ2) is 5.61. The number of fused-ring (bicyclic) bond motifs is 1. The Morgan fingerprint density at radius 1 is 1.39 bits per heavy atom. The van der Waals surface area contributed by atoms with Gasteiger partial charge in [-0.25, -0.2) is 0 Å². The maximum Gasteiger partial charge on any atom is 0.121 e. The third-order valence-electron chi connectivity index (χ3n) is 3.15. The van der Waals surface area contributed by atoms with Crippen LogP contribution in [0.5, 0.6) is 0 Å². The molecule has 0 aliphatic heterocycles. The van der Waals surface area contributed by atoms with Gasteiger partial charge in [0, 0.05) is 17.6 Å². The summed E-state index contributed by atoms with van der Waals surface area (Å²) in [4.78, 5) is 4.28. The molecule has 1 N–H and O–H groups in total. The minimum Gasteiger partial charge on any atom is -0.296 e. The van der Waals surface area contributed by atoms with E-state index in [4.69, 9.17) is 0 Å². The van der Waals surface area contributed by atoms with Gasteiger partial charge < -0.3 is 0 Å². The van der Waals surface area contributed by atoms with Crippen LogP contribution in [0.1, 0.15) is 31.9 Å². The van der Waals surface area contributed by atoms with E-state index in [1.807, 2.05) is 30.3 Å². The van der Waals surface area contributed by atoms with E-state index in [0.29, 0.717) is 6.04 Å². The number of pyridine rings is 1. The Bertz CT molecular complexity index is 571. The highest BCUT2D eigenvalue weighted by molar-refractivity contribution is 5.79. The normalized spacial score (nSPS) is 14.1. The molecule has 0 radical (unpaired) electrons. The Balaban J connectivity index is 2.31. The summed E-state index contributed by atoms with van der Waals surface area (Å²) in [6.07, 6.45) is 2.79. The van der Waals surface area contributed by atoms with Crippen LogP contribution in [-0.4, -0.2) is 11.0 Å². The summed E-state index contributed by atoms with van der Waals surface area (Å²) in [6.45, 7) is 4.20. The van der Waals surface area contributed by atoms with Crippen molar-refractivity contribution in [3.63, 3.8) is 0 Å². The maximum atomic E-state index is 9.27. The molecule has 3 heteroatoms. The van der Waals surface area contributed by atoms with Gasteiger partial charge in [0.2, 0.25) is 0 Å². The van der Waals surface area contributed by atoms with Gasteiger partial charge in [-0.2, -0.15) is 5.26 Å². The summed E-state index contributed by atoms with van der Waals surface area (Å²) in [6, 6.07) is 12.3. The first-order valence-electron chi connectivity index (χ1n) is 6.25. The van der Waals surface area contributed by atoms with Crippen LogP contribution in [0.2, 0.25) is 0 Å². The van der Waals surface area contributed by atoms with Crippen LogP contribution in [-0.2, 0) is 0 Å². The van der Waals surface area contributed by atoms with Crippen molar-refractivity contribution in [2.75, 3.05) is 0 Å². The first-order chi connectivity index (χ1) is 8.74. The Labute approximate surface area is 107 Å². The molecular weight excluding hydrogens is 222 g/mol. The topological polar surface area (TPSA) is 48.7 Å². The Morgan fingerprint density at radius 2 is 2.22 bits per heavy atom. The van der Waals surface area contributed by atoms with Crippen molar-refractivity contribution in [3.05, 3.63) is 42.1 Å². The molecule has 3 nitrogen and oxygen atoms in total. The number of nitriles is 1. The number of aromatic nitrogens is 1. The molecule has 1 aromatic carbocycles. The summed E-state index contributed by atoms with van der Waals surface area (Å²) in [5.41, 5.74) is 1.96. The molecule has 92 valence electrons. The molecule has 0 aliphatic carbocycles. The molecule has 2 rings (SSSR count). The largest absolute Gasteiger partial charge is 0.296 e. The lowest BCUT2D eigenvalue weighted by Crippen LogP contribution is -2.29. The number of benzene rings is 1. The van der Waals surface area contributed by atoms with Crippen molar-refractivity contribution < 1.29 is 0 Å². The smallest absolute Gasteiger partial charge is 0.121 e. The fourth-order valence-electron chi connectivity index (χ4n) is 1.88. The van der Waals surface area contributed by atoms with Crippen LogP contribution in [0.15, 0.2) is 36.5 Å². The van der Waals surface area contributed by atoms with Crippen molar-refractivity contribution in [2.24, 2.45) is 0 Å². The summed E-state index contributed by atoms with van der Waals surface area (Å²) < 4.78 is 0. The van der Waals surface area contributed by atoms with E-state index in [1.54, 1.807) is 6.20 Å². The van der Waals surface area contributed by atoms with Crippen molar-refractivity contribution in [1.29, 1.82) is 5.26 Å². The molecule has 0 saturated heterocycles. The zero-order valence-corrected chi connectivity index (χ0v) is 10.7. The monoisotopic (exact) mass is 239 g/mol. The zero-order chi connectivity index (χ0) is 13.0. The van der Waals surface area contributed by atoms with Crippen molar-refractivity contribution in [2.45, 2.75) is 32.4 Å². The van der Waals surface area contributed by atoms with Crippen LogP contribution < -0.4 is 5.32 Å². The molecule has 0 aliphatic rings. The van der Waals surface area contributed by atoms with Crippen molar-refractivity contribution in [3.8, 4) is 6.07 Å². The molecule has 0 bridgehead atoms. The second-order valence-corrected chi connectivity index (χ2v) is 4.49. The zero-order valence-electron chi connectivity index (χ0n) is 10.7. The van der Waals surface area contributed by atoms with E-state index in [1.165, 1.54) is 0 Å². The van der Waals surface area contributed by atoms with Crippen LogP contribution in [0.3, 0.4) is 0 Å². The maximum absolute atomic E-state index is 9.27. The van der Waals surface area contributed by atoms with Crippen LogP contribution in [0, 0.1) is 11.3 Å². The van der Waals surface area contributed by atoms with E-state index >= 15 is 0 Å². The highest BCUT2D eigenvalue weighted by Gasteiger charge is 2.12. The standard InChI is InChI=1S/C15H17N3/c1-3-11(2)18-15(10-16)13-6-7-14-12(9-13)5-4-8-17-14/h4-9,11,15,18H,3H2,1-2H3. The lowest BCUT2D eigenvalue weighted by molar-refractivity contribution is 0.501. The van der Waals surface area contributed by atoms with Crippen molar-refractivity contribution >= 4 is 10.9 Å². The Morgan fingerprint density at radius 3 is 2.94 bits per heavy atom. The van der Waals surface area contributed by atoms with Gasteiger partial charge in [0.15, 0.2) is 0 Å². The predicted octanol–water partition coefficient (Wildman–Crippen LogP) is 3.19. The van der Waals surface area contributed by atoms with Gasteiger partial charge in [-0.1, -0.05) is 19.1 Å². The SMILES string of the molecule is CCC(C)NC(C#N)c1ccc2ncccc2c1. The highest BCUT2D eigenvalue weighted by atomic mass is 14.9. The summed E-state index contributed by atoms with van der Waals surface area (Å²) >= 11 is 0. The molecule has 0 spiro atoms. The number of hydrogen-bond donors (Lipinski definition) is 1.